The second-order valence-corrected chi connectivity index (χ2v) is 5.34. The Hall–Kier alpha value is -2.53. The van der Waals surface area contributed by atoms with Crippen molar-refractivity contribution >= 4 is 33.9 Å². The lowest BCUT2D eigenvalue weighted by Crippen LogP contribution is -2.27. The lowest BCUT2D eigenvalue weighted by Gasteiger charge is -2.11. The van der Waals surface area contributed by atoms with E-state index in [9.17, 15) is 0 Å². The molecule has 2 aromatic carbocycles. The lowest BCUT2D eigenvalue weighted by atomic mass is 10.2. The largest absolute Gasteiger partial charge is 0.497 e. The van der Waals surface area contributed by atoms with Crippen molar-refractivity contribution in [1.29, 1.82) is 0 Å². The fourth-order valence-corrected chi connectivity index (χ4v) is 2.42. The molecule has 0 saturated carbocycles. The molecule has 22 heavy (non-hydrogen) atoms. The second kappa shape index (κ2) is 6.49. The van der Waals surface area contributed by atoms with Crippen molar-refractivity contribution in [2.75, 3.05) is 12.4 Å². The summed E-state index contributed by atoms with van der Waals surface area (Å²) in [6.45, 7) is 0.669. The quantitative estimate of drug-likeness (QED) is 0.644. The highest BCUT2D eigenvalue weighted by Gasteiger charge is 2.01. The predicted octanol–water partition coefficient (Wildman–Crippen LogP) is 3.66. The second-order valence-electron chi connectivity index (χ2n) is 4.94. The van der Waals surface area contributed by atoms with Gasteiger partial charge in [0.2, 0.25) is 0 Å². The first-order valence-corrected chi connectivity index (χ1v) is 7.40. The molecular weight excluding hydrogens is 294 g/mol. The van der Waals surface area contributed by atoms with Crippen molar-refractivity contribution < 1.29 is 4.74 Å². The summed E-state index contributed by atoms with van der Waals surface area (Å²) >= 11 is 5.33. The van der Waals surface area contributed by atoms with E-state index in [0.29, 0.717) is 11.7 Å². The fraction of sp³-hybridized carbons (Fsp3) is 0.118. The predicted molar refractivity (Wildman–Crippen MR) is 94.4 cm³/mol. The third-order valence-electron chi connectivity index (χ3n) is 3.42. The fourth-order valence-electron chi connectivity index (χ4n) is 2.23. The van der Waals surface area contributed by atoms with Gasteiger partial charge in [0.15, 0.2) is 5.11 Å². The molecule has 0 amide bonds. The summed E-state index contributed by atoms with van der Waals surface area (Å²) in [7, 11) is 1.66. The zero-order chi connectivity index (χ0) is 15.4. The summed E-state index contributed by atoms with van der Waals surface area (Å²) in [4.78, 5) is 3.17. The molecule has 0 fully saturated rings. The Bertz CT molecular complexity index is 780. The Kier molecular flexibility index (Phi) is 4.25. The van der Waals surface area contributed by atoms with E-state index in [2.05, 4.69) is 21.7 Å². The van der Waals surface area contributed by atoms with Crippen LogP contribution in [0, 0.1) is 0 Å². The molecule has 0 aliphatic rings. The van der Waals surface area contributed by atoms with Gasteiger partial charge in [0.25, 0.3) is 0 Å². The van der Waals surface area contributed by atoms with Gasteiger partial charge in [-0.1, -0.05) is 12.1 Å². The summed E-state index contributed by atoms with van der Waals surface area (Å²) in [6, 6.07) is 16.0. The average molecular weight is 311 g/mol. The van der Waals surface area contributed by atoms with Gasteiger partial charge in [-0.25, -0.2) is 0 Å². The van der Waals surface area contributed by atoms with E-state index in [4.69, 9.17) is 17.0 Å². The molecule has 5 heteroatoms. The first kappa shape index (κ1) is 14.4. The highest BCUT2D eigenvalue weighted by atomic mass is 32.1. The maximum absolute atomic E-state index is 5.33. The van der Waals surface area contributed by atoms with Gasteiger partial charge in [-0.2, -0.15) is 0 Å². The van der Waals surface area contributed by atoms with E-state index in [1.165, 1.54) is 0 Å². The van der Waals surface area contributed by atoms with Crippen LogP contribution >= 0.6 is 12.2 Å². The smallest absolute Gasteiger partial charge is 0.171 e. The van der Waals surface area contributed by atoms with Crippen LogP contribution in [0.15, 0.2) is 54.7 Å². The van der Waals surface area contributed by atoms with Gasteiger partial charge in [0, 0.05) is 29.3 Å². The number of thiocarbonyl (C=S) groups is 1. The van der Waals surface area contributed by atoms with Gasteiger partial charge < -0.3 is 20.4 Å². The molecule has 1 heterocycles. The molecule has 112 valence electrons. The SMILES string of the molecule is COc1ccc(CNC(=S)Nc2ccc3[nH]ccc3c2)cc1. The van der Waals surface area contributed by atoms with Gasteiger partial charge in [0.1, 0.15) is 5.75 Å². The monoisotopic (exact) mass is 311 g/mol. The maximum atomic E-state index is 5.33. The third kappa shape index (κ3) is 3.38. The molecule has 0 bridgehead atoms. The van der Waals surface area contributed by atoms with Gasteiger partial charge >= 0.3 is 0 Å². The number of hydrogen-bond donors (Lipinski definition) is 3. The van der Waals surface area contributed by atoms with Crippen molar-refractivity contribution in [3.63, 3.8) is 0 Å². The molecule has 0 radical (unpaired) electrons. The Balaban J connectivity index is 1.57. The zero-order valence-corrected chi connectivity index (χ0v) is 13.0. The summed E-state index contributed by atoms with van der Waals surface area (Å²) in [6.07, 6.45) is 1.93. The first-order chi connectivity index (χ1) is 10.7. The number of fused-ring (bicyclic) bond motifs is 1. The number of benzene rings is 2. The van der Waals surface area contributed by atoms with Crippen molar-refractivity contribution in [3.05, 3.63) is 60.3 Å². The van der Waals surface area contributed by atoms with Crippen LogP contribution in [-0.2, 0) is 6.54 Å². The van der Waals surface area contributed by atoms with Crippen molar-refractivity contribution in [1.82, 2.24) is 10.3 Å². The maximum Gasteiger partial charge on any atom is 0.171 e. The van der Waals surface area contributed by atoms with Crippen LogP contribution < -0.4 is 15.4 Å². The summed E-state index contributed by atoms with van der Waals surface area (Å²) in [5.74, 6) is 0.851. The van der Waals surface area contributed by atoms with Gasteiger partial charge in [-0.05, 0) is 54.2 Å². The molecule has 0 aliphatic heterocycles. The number of aromatic amines is 1. The van der Waals surface area contributed by atoms with Crippen LogP contribution in [0.1, 0.15) is 5.56 Å². The average Bonchev–Trinajstić information content (AvgIpc) is 3.01. The molecule has 0 aliphatic carbocycles. The van der Waals surface area contributed by atoms with E-state index >= 15 is 0 Å². The van der Waals surface area contributed by atoms with E-state index in [1.54, 1.807) is 7.11 Å². The lowest BCUT2D eigenvalue weighted by molar-refractivity contribution is 0.414. The third-order valence-corrected chi connectivity index (χ3v) is 3.67. The number of hydrogen-bond acceptors (Lipinski definition) is 2. The van der Waals surface area contributed by atoms with E-state index in [0.717, 1.165) is 27.9 Å². The molecule has 0 saturated heterocycles. The highest BCUT2D eigenvalue weighted by Crippen LogP contribution is 2.17. The molecule has 3 N–H and O–H groups in total. The number of nitrogens with one attached hydrogen (secondary N) is 3. The molecule has 3 aromatic rings. The van der Waals surface area contributed by atoms with Crippen LogP contribution in [0.25, 0.3) is 10.9 Å². The minimum atomic E-state index is 0.603. The molecule has 0 atom stereocenters. The first-order valence-electron chi connectivity index (χ1n) is 6.99. The Labute approximate surface area is 134 Å². The Morgan fingerprint density at radius 2 is 1.95 bits per heavy atom. The summed E-state index contributed by atoms with van der Waals surface area (Å²) in [5, 5.41) is 8.15. The highest BCUT2D eigenvalue weighted by molar-refractivity contribution is 7.80. The van der Waals surface area contributed by atoms with Crippen LogP contribution in [0.3, 0.4) is 0 Å². The van der Waals surface area contributed by atoms with Gasteiger partial charge in [-0.3, -0.25) is 0 Å². The van der Waals surface area contributed by atoms with Crippen LogP contribution in [0.2, 0.25) is 0 Å². The molecular formula is C17H17N3OS. The minimum absolute atomic E-state index is 0.603. The standard InChI is InChI=1S/C17H17N3OS/c1-21-15-5-2-12(3-6-15)11-19-17(22)20-14-4-7-16-13(10-14)8-9-18-16/h2-10,18H,11H2,1H3,(H2,19,20,22). The van der Waals surface area contributed by atoms with Crippen molar-refractivity contribution in [2.24, 2.45) is 0 Å². The van der Waals surface area contributed by atoms with E-state index in [1.807, 2.05) is 48.7 Å². The van der Waals surface area contributed by atoms with Crippen LogP contribution in [0.5, 0.6) is 5.75 Å². The molecule has 3 rings (SSSR count). The van der Waals surface area contributed by atoms with Gasteiger partial charge in [0.05, 0.1) is 7.11 Å². The van der Waals surface area contributed by atoms with Crippen LogP contribution in [0.4, 0.5) is 5.69 Å². The molecule has 0 spiro atoms. The summed E-state index contributed by atoms with van der Waals surface area (Å²) in [5.41, 5.74) is 3.23. The zero-order valence-electron chi connectivity index (χ0n) is 12.2. The topological polar surface area (TPSA) is 49.1 Å². The Morgan fingerprint density at radius 3 is 2.73 bits per heavy atom. The number of H-pyrrole nitrogens is 1. The molecule has 1 aromatic heterocycles. The Morgan fingerprint density at radius 1 is 1.14 bits per heavy atom. The number of anilines is 1. The molecule has 4 nitrogen and oxygen atoms in total. The van der Waals surface area contributed by atoms with Crippen molar-refractivity contribution in [2.45, 2.75) is 6.54 Å². The number of methoxy groups -OCH3 is 1. The normalized spacial score (nSPS) is 10.4. The number of rotatable bonds is 4. The summed E-state index contributed by atoms with van der Waals surface area (Å²) < 4.78 is 5.14. The van der Waals surface area contributed by atoms with Crippen molar-refractivity contribution in [3.8, 4) is 5.75 Å². The van der Waals surface area contributed by atoms with Gasteiger partial charge in [-0.15, -0.1) is 0 Å². The van der Waals surface area contributed by atoms with E-state index in [-0.39, 0.29) is 0 Å². The number of aromatic nitrogens is 1. The van der Waals surface area contributed by atoms with Crippen LogP contribution in [-0.4, -0.2) is 17.2 Å². The minimum Gasteiger partial charge on any atom is -0.497 e. The number of ether oxygens (including phenoxy) is 1. The van der Waals surface area contributed by atoms with E-state index < -0.39 is 0 Å². The molecule has 0 unspecified atom stereocenters.